The van der Waals surface area contributed by atoms with Gasteiger partial charge in [-0.3, -0.25) is 4.79 Å². The molecule has 0 fully saturated rings. The summed E-state index contributed by atoms with van der Waals surface area (Å²) < 4.78 is 11.0. The number of methoxy groups -OCH3 is 1. The third-order valence-electron chi connectivity index (χ3n) is 4.56. The van der Waals surface area contributed by atoms with Gasteiger partial charge in [0.2, 0.25) is 6.41 Å². The van der Waals surface area contributed by atoms with E-state index in [1.165, 1.54) is 12.0 Å². The molecule has 1 aromatic carbocycles. The van der Waals surface area contributed by atoms with Crippen LogP contribution in [0.25, 0.3) is 0 Å². The zero-order valence-electron chi connectivity index (χ0n) is 25.5. The predicted octanol–water partition coefficient (Wildman–Crippen LogP) is 8.52. The molecule has 1 aromatic rings. The fourth-order valence-corrected chi connectivity index (χ4v) is 2.81. The van der Waals surface area contributed by atoms with E-state index in [2.05, 4.69) is 45.9 Å². The molecule has 0 heterocycles. The Morgan fingerprint density at radius 2 is 1.64 bits per heavy atom. The average molecular weight is 527 g/mol. The molecule has 6 heteroatoms. The van der Waals surface area contributed by atoms with Gasteiger partial charge in [-0.05, 0) is 56.2 Å². The molecule has 36 heavy (non-hydrogen) atoms. The van der Waals surface area contributed by atoms with Crippen molar-refractivity contribution in [1.29, 1.82) is 0 Å². The number of ether oxygens (including phenoxy) is 2. The third kappa shape index (κ3) is 22.5. The van der Waals surface area contributed by atoms with Gasteiger partial charge in [-0.15, -0.1) is 9.24 Å². The molecule has 5 nitrogen and oxygen atoms in total. The van der Waals surface area contributed by atoms with Crippen molar-refractivity contribution in [1.82, 2.24) is 5.32 Å². The number of carbonyl (C=O) groups excluding carboxylic acids is 1. The van der Waals surface area contributed by atoms with E-state index in [0.29, 0.717) is 0 Å². The highest BCUT2D eigenvalue weighted by Gasteiger charge is 2.07. The van der Waals surface area contributed by atoms with E-state index in [0.717, 1.165) is 55.4 Å². The first-order valence-electron chi connectivity index (χ1n) is 13.6. The van der Waals surface area contributed by atoms with Crippen molar-refractivity contribution >= 4 is 21.3 Å². The van der Waals surface area contributed by atoms with Gasteiger partial charge in [-0.25, -0.2) is 0 Å². The maximum absolute atomic E-state index is 10.1. The van der Waals surface area contributed by atoms with Crippen molar-refractivity contribution in [3.8, 4) is 11.5 Å². The molecule has 2 atom stereocenters. The van der Waals surface area contributed by atoms with Crippen LogP contribution in [0.3, 0.4) is 0 Å². The largest absolute Gasteiger partial charge is 0.493 e. The Bertz CT molecular complexity index is 647. The van der Waals surface area contributed by atoms with Gasteiger partial charge in [0.25, 0.3) is 0 Å². The topological polar surface area (TPSA) is 59.6 Å². The molecule has 0 spiro atoms. The summed E-state index contributed by atoms with van der Waals surface area (Å²) in [5, 5.41) is 5.82. The predicted molar refractivity (Wildman–Crippen MR) is 167 cm³/mol. The van der Waals surface area contributed by atoms with Crippen LogP contribution in [0.4, 0.5) is 5.69 Å². The molecule has 1 unspecified atom stereocenters. The molecule has 0 aliphatic heterocycles. The smallest absolute Gasteiger partial charge is 0.207 e. The minimum Gasteiger partial charge on any atom is -0.493 e. The fraction of sp³-hybridized carbons (Fsp3) is 0.633. The lowest BCUT2D eigenvalue weighted by molar-refractivity contribution is -0.109. The first kappa shape index (κ1) is 41.1. The van der Waals surface area contributed by atoms with Crippen LogP contribution in [0.2, 0.25) is 0 Å². The number of carbonyl (C=O) groups is 1. The second-order valence-corrected chi connectivity index (χ2v) is 7.21. The van der Waals surface area contributed by atoms with Gasteiger partial charge in [0.1, 0.15) is 0 Å². The minimum absolute atomic E-state index is 0.192. The normalized spacial score (nSPS) is 11.3. The monoisotopic (exact) mass is 526 g/mol. The van der Waals surface area contributed by atoms with Crippen LogP contribution in [0.5, 0.6) is 11.5 Å². The van der Waals surface area contributed by atoms with E-state index in [1.54, 1.807) is 7.11 Å². The Kier molecular flexibility index (Phi) is 37.7. The van der Waals surface area contributed by atoms with Crippen LogP contribution in [0.15, 0.2) is 42.0 Å². The number of hydrogen-bond donors (Lipinski definition) is 2. The van der Waals surface area contributed by atoms with E-state index in [-0.39, 0.29) is 6.04 Å². The molecule has 0 saturated carbocycles. The summed E-state index contributed by atoms with van der Waals surface area (Å²) in [6.45, 7) is 21.1. The third-order valence-corrected chi connectivity index (χ3v) is 4.56. The van der Waals surface area contributed by atoms with E-state index < -0.39 is 0 Å². The van der Waals surface area contributed by atoms with Crippen molar-refractivity contribution in [2.24, 2.45) is 5.92 Å². The molecule has 0 aromatic heterocycles. The van der Waals surface area contributed by atoms with Crippen LogP contribution < -0.4 is 20.1 Å². The Morgan fingerprint density at radius 1 is 1.03 bits per heavy atom. The standard InChI is InChI=1S/C14H23NO2.C9H13NO.3C2H6.CH5P/c1-11(2)6-5-9-17-14-10-12(15-3)7-8-13(14)16-4;1-8(10-7-11)9-5-3-2-4-6-9;4*1-2/h7-8,10-11,15H,5-6,9H2,1-4H3;2-3,5,7-8H,4,6H2,1H3,(H,10,11);3*1-2H3;2H2,1H3/t;8-;;;;/m.0..../s1. The first-order valence-corrected chi connectivity index (χ1v) is 14.8. The molecular formula is C30H59N2O3P. The second-order valence-electron chi connectivity index (χ2n) is 7.21. The zero-order valence-corrected chi connectivity index (χ0v) is 26.7. The maximum Gasteiger partial charge on any atom is 0.207 e. The van der Waals surface area contributed by atoms with Crippen LogP contribution in [-0.2, 0) is 4.79 Å². The van der Waals surface area contributed by atoms with Gasteiger partial charge >= 0.3 is 0 Å². The highest BCUT2D eigenvalue weighted by Crippen LogP contribution is 2.30. The summed E-state index contributed by atoms with van der Waals surface area (Å²) in [7, 11) is 5.97. The number of allylic oxidation sites excluding steroid dienone is 3. The average Bonchev–Trinajstić information content (AvgIpc) is 2.96. The molecule has 2 N–H and O–H groups in total. The number of amides is 1. The Balaban J connectivity index is -0.000000232. The molecule has 0 radical (unpaired) electrons. The highest BCUT2D eigenvalue weighted by atomic mass is 31.0. The highest BCUT2D eigenvalue weighted by molar-refractivity contribution is 7.15. The molecule has 1 amide bonds. The maximum atomic E-state index is 10.1. The minimum atomic E-state index is 0.192. The number of nitrogens with one attached hydrogen (secondary N) is 2. The Hall–Kier alpha value is -2.00. The summed E-state index contributed by atoms with van der Waals surface area (Å²) in [6.07, 6.45) is 11.4. The quantitative estimate of drug-likeness (QED) is 0.182. The van der Waals surface area contributed by atoms with Crippen molar-refractivity contribution in [3.63, 3.8) is 0 Å². The number of rotatable bonds is 10. The van der Waals surface area contributed by atoms with Crippen LogP contribution in [0.1, 0.15) is 88.0 Å². The number of hydrogen-bond acceptors (Lipinski definition) is 4. The first-order chi connectivity index (χ1) is 17.5. The SMILES string of the molecule is CC.CC.CC.CNc1ccc(OC)c(OCCCC(C)C)c1.CP.C[C@H](NC=O)C1=CC=CCC1. The fourth-order valence-electron chi connectivity index (χ4n) is 2.81. The summed E-state index contributed by atoms with van der Waals surface area (Å²) in [6, 6.07) is 6.05. The van der Waals surface area contributed by atoms with Crippen LogP contribution in [0, 0.1) is 5.92 Å². The molecule has 1 aliphatic carbocycles. The Labute approximate surface area is 227 Å². The van der Waals surface area contributed by atoms with E-state index in [1.807, 2.05) is 86.5 Å². The second kappa shape index (κ2) is 33.0. The van der Waals surface area contributed by atoms with Crippen LogP contribution in [-0.4, -0.2) is 39.9 Å². The summed E-state index contributed by atoms with van der Waals surface area (Å²) in [5.74, 6) is 2.32. The van der Waals surface area contributed by atoms with Gasteiger partial charge in [-0.1, -0.05) is 80.3 Å². The van der Waals surface area contributed by atoms with Gasteiger partial charge in [0, 0.05) is 24.8 Å². The number of anilines is 1. The van der Waals surface area contributed by atoms with Gasteiger partial charge in [-0.2, -0.15) is 0 Å². The van der Waals surface area contributed by atoms with Crippen molar-refractivity contribution in [2.75, 3.05) is 32.7 Å². The lowest BCUT2D eigenvalue weighted by Crippen LogP contribution is -2.26. The Morgan fingerprint density at radius 3 is 2.08 bits per heavy atom. The van der Waals surface area contributed by atoms with E-state index in [9.17, 15) is 4.79 Å². The zero-order chi connectivity index (χ0) is 28.8. The molecule has 212 valence electrons. The molecule has 2 rings (SSSR count). The molecule has 0 bridgehead atoms. The van der Waals surface area contributed by atoms with E-state index >= 15 is 0 Å². The van der Waals surface area contributed by atoms with Gasteiger partial charge in [0.15, 0.2) is 11.5 Å². The van der Waals surface area contributed by atoms with Crippen molar-refractivity contribution in [2.45, 2.75) is 94.0 Å². The van der Waals surface area contributed by atoms with Gasteiger partial charge in [0.05, 0.1) is 13.7 Å². The molecular weight excluding hydrogens is 467 g/mol. The lowest BCUT2D eigenvalue weighted by atomic mass is 9.99. The van der Waals surface area contributed by atoms with Gasteiger partial charge < -0.3 is 20.1 Å². The lowest BCUT2D eigenvalue weighted by Gasteiger charge is -2.15. The summed E-state index contributed by atoms with van der Waals surface area (Å²) >= 11 is 0. The summed E-state index contributed by atoms with van der Waals surface area (Å²) in [5.41, 5.74) is 2.34. The van der Waals surface area contributed by atoms with Crippen LogP contribution >= 0.6 is 9.24 Å². The van der Waals surface area contributed by atoms with E-state index in [4.69, 9.17) is 9.47 Å². The molecule has 1 aliphatic rings. The van der Waals surface area contributed by atoms with Crippen molar-refractivity contribution < 1.29 is 14.3 Å². The van der Waals surface area contributed by atoms with Crippen molar-refractivity contribution in [3.05, 3.63) is 42.0 Å². The molecule has 0 saturated heterocycles. The summed E-state index contributed by atoms with van der Waals surface area (Å²) in [4.78, 5) is 10.1. The number of benzene rings is 1.